The summed E-state index contributed by atoms with van der Waals surface area (Å²) in [7, 11) is 0. The zero-order valence-electron chi connectivity index (χ0n) is 25.5. The van der Waals surface area contributed by atoms with Crippen LogP contribution in [-0.2, 0) is 0 Å². The fraction of sp³-hybridized carbons (Fsp3) is 0.0217. The lowest BCUT2D eigenvalue weighted by Crippen LogP contribution is -2.16. The fourth-order valence-electron chi connectivity index (χ4n) is 8.11. The molecule has 2 aliphatic carbocycles. The second kappa shape index (κ2) is 9.02. The first-order valence-corrected chi connectivity index (χ1v) is 16.3. The number of Topliss-reactive ketones (excluding diaryl/α,β-unsaturated/α-hetero) is 1. The van der Waals surface area contributed by atoms with Crippen LogP contribution in [0, 0.1) is 0 Å². The summed E-state index contributed by atoms with van der Waals surface area (Å²) in [6.07, 6.45) is 9.56. The highest BCUT2D eigenvalue weighted by Crippen LogP contribution is 2.36. The van der Waals surface area contributed by atoms with Crippen molar-refractivity contribution < 1.29 is 4.79 Å². The van der Waals surface area contributed by atoms with E-state index in [4.69, 9.17) is 0 Å². The van der Waals surface area contributed by atoms with E-state index in [1.54, 1.807) is 0 Å². The maximum atomic E-state index is 13.6. The summed E-state index contributed by atoms with van der Waals surface area (Å²) < 4.78 is 0. The molecule has 0 heterocycles. The molecule has 11 rings (SSSR count). The largest absolute Gasteiger partial charge is 0.289 e. The first kappa shape index (κ1) is 25.2. The van der Waals surface area contributed by atoms with E-state index in [1.165, 1.54) is 70.0 Å². The third-order valence-corrected chi connectivity index (χ3v) is 10.5. The molecule has 0 aromatic heterocycles. The number of carbonyl (C=O) groups is 1. The molecule has 0 saturated heterocycles. The molecule has 0 unspecified atom stereocenters. The van der Waals surface area contributed by atoms with Crippen molar-refractivity contribution in [3.8, 4) is 11.1 Å². The van der Waals surface area contributed by atoms with Crippen LogP contribution in [0.15, 0.2) is 127 Å². The van der Waals surface area contributed by atoms with E-state index >= 15 is 0 Å². The van der Waals surface area contributed by atoms with Crippen molar-refractivity contribution in [1.29, 1.82) is 0 Å². The predicted octanol–water partition coefficient (Wildman–Crippen LogP) is 10.6. The molecule has 2 aliphatic rings. The van der Waals surface area contributed by atoms with Crippen molar-refractivity contribution >= 4 is 99.4 Å². The minimum atomic E-state index is 0.0697. The third kappa shape index (κ3) is 3.74. The quantitative estimate of drug-likeness (QED) is 0.160. The van der Waals surface area contributed by atoms with Crippen molar-refractivity contribution in [1.82, 2.24) is 0 Å². The summed E-state index contributed by atoms with van der Waals surface area (Å²) >= 11 is 0. The Morgan fingerprint density at radius 2 is 0.809 bits per heavy atom. The molecule has 216 valence electrons. The van der Waals surface area contributed by atoms with Crippen LogP contribution in [0.25, 0.3) is 105 Å². The summed E-state index contributed by atoms with van der Waals surface area (Å²) in [5, 5.41) is 19.2. The van der Waals surface area contributed by atoms with E-state index in [0.29, 0.717) is 0 Å². The number of allylic oxidation sites excluding steroid dienone is 1. The Morgan fingerprint density at radius 3 is 1.38 bits per heavy atom. The number of rotatable bonds is 0. The Bertz CT molecular complexity index is 3100. The number of ketones is 1. The van der Waals surface area contributed by atoms with Gasteiger partial charge in [-0.3, -0.25) is 4.79 Å². The number of hydrogen-bond acceptors (Lipinski definition) is 1. The fourth-order valence-corrected chi connectivity index (χ4v) is 8.11. The monoisotopic (exact) mass is 594 g/mol. The van der Waals surface area contributed by atoms with E-state index in [9.17, 15) is 4.79 Å². The van der Waals surface area contributed by atoms with Gasteiger partial charge < -0.3 is 0 Å². The first-order valence-electron chi connectivity index (χ1n) is 16.3. The molecule has 0 saturated carbocycles. The number of carbonyl (C=O) groups excluding carboxylic acids is 1. The summed E-state index contributed by atoms with van der Waals surface area (Å²) in [5.41, 5.74) is 4.20. The third-order valence-electron chi connectivity index (χ3n) is 10.5. The van der Waals surface area contributed by atoms with Crippen LogP contribution in [0.3, 0.4) is 0 Å². The van der Waals surface area contributed by atoms with Gasteiger partial charge in [0, 0.05) is 5.56 Å². The van der Waals surface area contributed by atoms with E-state index < -0.39 is 0 Å². The molecule has 0 bridgehead atoms. The van der Waals surface area contributed by atoms with Crippen LogP contribution in [0.4, 0.5) is 0 Å². The second-order valence-corrected chi connectivity index (χ2v) is 13.4. The average Bonchev–Trinajstić information content (AvgIpc) is 3.08. The van der Waals surface area contributed by atoms with Gasteiger partial charge in [-0.15, -0.1) is 0 Å². The molecule has 0 fully saturated rings. The lowest BCUT2D eigenvalue weighted by Gasteiger charge is -2.17. The van der Waals surface area contributed by atoms with Gasteiger partial charge in [0.2, 0.25) is 0 Å². The lowest BCUT2D eigenvalue weighted by atomic mass is 9.86. The standard InChI is InChI=1S/C46H26O/c47-46-25-42-21-38-17-34-13-30-9-26-5-1-2-6-27(26)10-31(30)14-35(34)18-39(38)22-43(42)44-23-40-19-36-15-32-11-28-7-3-4-8-29(28)12-33(32)16-37(36)20-41(40)24-45(44)46/h1,3-25H,2H2. The summed E-state index contributed by atoms with van der Waals surface area (Å²) in [6, 6.07) is 44.8. The molecule has 1 heteroatoms. The molecule has 0 radical (unpaired) electrons. The molecule has 0 N–H and O–H groups in total. The van der Waals surface area contributed by atoms with Crippen molar-refractivity contribution in [2.45, 2.75) is 6.42 Å². The Labute approximate surface area is 270 Å². The SMILES string of the molecule is O=C1C=c2cc3cc4cc5cc6c(cc5cc4cc3cc2-c2cc3cc4cc5cc7ccccc7cc5cc4cc3cc21)=CCC=C6. The predicted molar refractivity (Wildman–Crippen MR) is 201 cm³/mol. The highest BCUT2D eigenvalue weighted by Gasteiger charge is 2.20. The zero-order chi connectivity index (χ0) is 30.8. The van der Waals surface area contributed by atoms with Crippen LogP contribution in [-0.4, -0.2) is 5.78 Å². The van der Waals surface area contributed by atoms with Gasteiger partial charge in [0.05, 0.1) is 0 Å². The first-order chi connectivity index (χ1) is 23.1. The second-order valence-electron chi connectivity index (χ2n) is 13.4. The lowest BCUT2D eigenvalue weighted by molar-refractivity contribution is 0.106. The highest BCUT2D eigenvalue weighted by atomic mass is 16.1. The Kier molecular flexibility index (Phi) is 4.83. The maximum Gasteiger partial charge on any atom is 0.187 e. The van der Waals surface area contributed by atoms with E-state index in [2.05, 4.69) is 140 Å². The summed E-state index contributed by atoms with van der Waals surface area (Å²) in [4.78, 5) is 13.6. The van der Waals surface area contributed by atoms with Gasteiger partial charge in [-0.05, 0) is 212 Å². The summed E-state index contributed by atoms with van der Waals surface area (Å²) in [5.74, 6) is 0.0697. The topological polar surface area (TPSA) is 17.1 Å². The van der Waals surface area contributed by atoms with Gasteiger partial charge in [-0.1, -0.05) is 42.5 Å². The molecule has 0 aliphatic heterocycles. The number of benzene rings is 9. The van der Waals surface area contributed by atoms with Crippen LogP contribution in [0.1, 0.15) is 22.3 Å². The Hall–Kier alpha value is -6.05. The molecule has 9 aromatic carbocycles. The van der Waals surface area contributed by atoms with Gasteiger partial charge in [-0.25, -0.2) is 0 Å². The average molecular weight is 595 g/mol. The van der Waals surface area contributed by atoms with Crippen LogP contribution in [0.5, 0.6) is 0 Å². The molecule has 0 atom stereocenters. The van der Waals surface area contributed by atoms with E-state index in [0.717, 1.165) is 44.5 Å². The Balaban J connectivity index is 1.10. The smallest absolute Gasteiger partial charge is 0.187 e. The number of fused-ring (bicyclic) bond motifs is 11. The minimum Gasteiger partial charge on any atom is -0.289 e. The van der Waals surface area contributed by atoms with E-state index in [1.807, 2.05) is 6.08 Å². The molecule has 9 aromatic rings. The molecular weight excluding hydrogens is 569 g/mol. The number of hydrogen-bond donors (Lipinski definition) is 0. The van der Waals surface area contributed by atoms with Crippen LogP contribution >= 0.6 is 0 Å². The molecular formula is C46H26O. The summed E-state index contributed by atoms with van der Waals surface area (Å²) in [6.45, 7) is 0. The van der Waals surface area contributed by atoms with E-state index in [-0.39, 0.29) is 5.78 Å². The molecule has 0 spiro atoms. The van der Waals surface area contributed by atoms with Crippen molar-refractivity contribution in [3.63, 3.8) is 0 Å². The zero-order valence-corrected chi connectivity index (χ0v) is 25.5. The molecule has 1 nitrogen and oxygen atoms in total. The molecule has 0 amide bonds. The Morgan fingerprint density at radius 1 is 0.383 bits per heavy atom. The highest BCUT2D eigenvalue weighted by molar-refractivity contribution is 6.25. The van der Waals surface area contributed by atoms with Crippen molar-refractivity contribution in [3.05, 3.63) is 149 Å². The van der Waals surface area contributed by atoms with Gasteiger partial charge in [0.1, 0.15) is 0 Å². The molecule has 47 heavy (non-hydrogen) atoms. The van der Waals surface area contributed by atoms with Crippen molar-refractivity contribution in [2.24, 2.45) is 0 Å². The van der Waals surface area contributed by atoms with Gasteiger partial charge >= 0.3 is 0 Å². The van der Waals surface area contributed by atoms with Crippen LogP contribution in [0.2, 0.25) is 0 Å². The van der Waals surface area contributed by atoms with Gasteiger partial charge in [0.25, 0.3) is 0 Å². The van der Waals surface area contributed by atoms with Crippen molar-refractivity contribution in [2.75, 3.05) is 0 Å². The minimum absolute atomic E-state index is 0.0697. The van der Waals surface area contributed by atoms with Gasteiger partial charge in [0.15, 0.2) is 5.78 Å². The van der Waals surface area contributed by atoms with Gasteiger partial charge in [-0.2, -0.15) is 0 Å². The maximum absolute atomic E-state index is 13.6. The van der Waals surface area contributed by atoms with Crippen LogP contribution < -0.4 is 10.4 Å². The normalized spacial score (nSPS) is 13.7.